The third-order valence-corrected chi connectivity index (χ3v) is 5.84. The first-order valence-corrected chi connectivity index (χ1v) is 10.8. The van der Waals surface area contributed by atoms with Crippen LogP contribution in [0.5, 0.6) is 28.7 Å². The highest BCUT2D eigenvalue weighted by Gasteiger charge is 2.48. The van der Waals surface area contributed by atoms with E-state index in [9.17, 15) is 35.1 Å². The summed E-state index contributed by atoms with van der Waals surface area (Å²) in [6.45, 7) is 0. The van der Waals surface area contributed by atoms with Crippen LogP contribution in [0.1, 0.15) is 0 Å². The summed E-state index contributed by atoms with van der Waals surface area (Å²) >= 11 is 0. The Morgan fingerprint density at radius 1 is 0.919 bits per heavy atom. The molecule has 2 heterocycles. The Morgan fingerprint density at radius 3 is 2.22 bits per heavy atom. The molecule has 0 radical (unpaired) electrons. The van der Waals surface area contributed by atoms with Crippen molar-refractivity contribution in [3.8, 4) is 40.1 Å². The fraction of sp³-hybridized carbons (Fsp3) is 0.333. The van der Waals surface area contributed by atoms with Crippen LogP contribution in [-0.4, -0.2) is 83.5 Å². The number of hydrogen-bond acceptors (Lipinski definition) is 12. The van der Waals surface area contributed by atoms with Crippen molar-refractivity contribution in [1.29, 1.82) is 0 Å². The molecule has 1 aliphatic heterocycles. The molecule has 5 N–H and O–H groups in total. The molecule has 1 aliphatic rings. The first-order chi connectivity index (χ1) is 17.6. The molecule has 1 saturated heterocycles. The number of ether oxygens (including phenoxy) is 5. The third kappa shape index (κ3) is 4.49. The Balaban J connectivity index is 1.88. The van der Waals surface area contributed by atoms with Crippen LogP contribution in [0.4, 0.5) is 0 Å². The van der Waals surface area contributed by atoms with Gasteiger partial charge in [-0.1, -0.05) is 6.07 Å². The minimum absolute atomic E-state index is 0.0269. The molecule has 0 amide bonds. The summed E-state index contributed by atoms with van der Waals surface area (Å²) in [5.41, 5.74) is -0.737. The molecule has 4 rings (SSSR count). The van der Waals surface area contributed by atoms with E-state index in [-0.39, 0.29) is 45.3 Å². The van der Waals surface area contributed by atoms with E-state index in [2.05, 4.69) is 0 Å². The van der Waals surface area contributed by atoms with Crippen LogP contribution in [0.15, 0.2) is 39.5 Å². The van der Waals surface area contributed by atoms with E-state index in [1.54, 1.807) is 0 Å². The number of carbonyl (C=O) groups is 1. The molecule has 5 atom stereocenters. The average Bonchev–Trinajstić information content (AvgIpc) is 2.87. The number of phenolic OH excluding ortho intramolecular Hbond substituents is 1. The molecule has 0 bridgehead atoms. The molecule has 0 aliphatic carbocycles. The number of carboxylic acids is 1. The molecular formula is C24H24O13. The SMILES string of the molecule is COc1cccc(OC2OC(C(=O)O)C(O)C(O)C2O)c1-c1cc(=O)c2c(O)cc(OC)c(OC)c2o1. The van der Waals surface area contributed by atoms with Gasteiger partial charge in [-0.25, -0.2) is 4.79 Å². The van der Waals surface area contributed by atoms with Gasteiger partial charge in [-0.05, 0) is 12.1 Å². The monoisotopic (exact) mass is 520 g/mol. The average molecular weight is 520 g/mol. The highest BCUT2D eigenvalue weighted by Crippen LogP contribution is 2.44. The summed E-state index contributed by atoms with van der Waals surface area (Å²) < 4.78 is 32.8. The van der Waals surface area contributed by atoms with Gasteiger partial charge in [0, 0.05) is 12.1 Å². The molecule has 5 unspecified atom stereocenters. The number of aliphatic hydroxyl groups excluding tert-OH is 3. The number of fused-ring (bicyclic) bond motifs is 1. The maximum Gasteiger partial charge on any atom is 0.335 e. The Bertz CT molecular complexity index is 1380. The Kier molecular flexibility index (Phi) is 7.14. The number of rotatable bonds is 7. The molecule has 1 fully saturated rings. The number of hydrogen-bond donors (Lipinski definition) is 5. The van der Waals surface area contributed by atoms with Crippen molar-refractivity contribution in [2.45, 2.75) is 30.7 Å². The predicted molar refractivity (Wildman–Crippen MR) is 124 cm³/mol. The second-order valence-electron chi connectivity index (χ2n) is 8.00. The number of aliphatic hydroxyl groups is 3. The normalized spacial score (nSPS) is 23.5. The highest BCUT2D eigenvalue weighted by atomic mass is 16.7. The van der Waals surface area contributed by atoms with E-state index >= 15 is 0 Å². The summed E-state index contributed by atoms with van der Waals surface area (Å²) in [5.74, 6) is -1.93. The number of carboxylic acid groups (broad SMARTS) is 1. The Labute approximate surface area is 208 Å². The zero-order chi connectivity index (χ0) is 27.0. The van der Waals surface area contributed by atoms with Gasteiger partial charge in [-0.2, -0.15) is 0 Å². The van der Waals surface area contributed by atoms with Gasteiger partial charge in [0.25, 0.3) is 0 Å². The lowest BCUT2D eigenvalue weighted by molar-refractivity contribution is -0.271. The van der Waals surface area contributed by atoms with Crippen LogP contribution in [-0.2, 0) is 9.53 Å². The quantitative estimate of drug-likeness (QED) is 0.289. The van der Waals surface area contributed by atoms with E-state index in [1.807, 2.05) is 0 Å². The van der Waals surface area contributed by atoms with Crippen molar-refractivity contribution in [3.63, 3.8) is 0 Å². The van der Waals surface area contributed by atoms with Crippen molar-refractivity contribution >= 4 is 16.9 Å². The summed E-state index contributed by atoms with van der Waals surface area (Å²) in [6, 6.07) is 6.68. The van der Waals surface area contributed by atoms with Gasteiger partial charge in [0.2, 0.25) is 12.0 Å². The molecule has 0 saturated carbocycles. The van der Waals surface area contributed by atoms with E-state index in [0.717, 1.165) is 6.07 Å². The lowest BCUT2D eigenvalue weighted by Crippen LogP contribution is -2.61. The van der Waals surface area contributed by atoms with Crippen LogP contribution in [0.2, 0.25) is 0 Å². The number of aliphatic carboxylic acids is 1. The van der Waals surface area contributed by atoms with Crippen molar-refractivity contribution in [2.24, 2.45) is 0 Å². The zero-order valence-corrected chi connectivity index (χ0v) is 19.8. The second-order valence-corrected chi connectivity index (χ2v) is 8.00. The van der Waals surface area contributed by atoms with E-state index in [1.165, 1.54) is 45.6 Å². The second kappa shape index (κ2) is 10.1. The smallest absolute Gasteiger partial charge is 0.335 e. The van der Waals surface area contributed by atoms with E-state index < -0.39 is 47.9 Å². The van der Waals surface area contributed by atoms with Crippen LogP contribution in [0, 0.1) is 0 Å². The molecule has 2 aromatic carbocycles. The Hall–Kier alpha value is -4.04. The minimum atomic E-state index is -1.91. The van der Waals surface area contributed by atoms with Gasteiger partial charge in [0.05, 0.1) is 21.3 Å². The number of methoxy groups -OCH3 is 3. The standard InChI is InChI=1S/C24H24O13/c1-32-11-5-4-6-12(36-24-19(29)17(27)18(28)22(37-24)23(30)31)16(11)13-7-9(25)15-10(26)8-14(33-2)20(34-3)21(15)35-13/h4-8,17-19,22,24,26-29H,1-3H3,(H,30,31). The first-order valence-electron chi connectivity index (χ1n) is 10.8. The van der Waals surface area contributed by atoms with Crippen molar-refractivity contribution < 1.29 is 58.4 Å². The van der Waals surface area contributed by atoms with Gasteiger partial charge in [0.15, 0.2) is 22.9 Å². The molecule has 198 valence electrons. The first kappa shape index (κ1) is 26.0. The van der Waals surface area contributed by atoms with Gasteiger partial charge < -0.3 is 53.6 Å². The number of aromatic hydroxyl groups is 1. The van der Waals surface area contributed by atoms with Crippen LogP contribution in [0.25, 0.3) is 22.3 Å². The Morgan fingerprint density at radius 2 is 1.59 bits per heavy atom. The zero-order valence-electron chi connectivity index (χ0n) is 19.8. The third-order valence-electron chi connectivity index (χ3n) is 5.84. The summed E-state index contributed by atoms with van der Waals surface area (Å²) in [7, 11) is 3.99. The maximum absolute atomic E-state index is 13.0. The summed E-state index contributed by atoms with van der Waals surface area (Å²) in [4.78, 5) is 24.5. The molecule has 1 aromatic heterocycles. The molecular weight excluding hydrogens is 496 g/mol. The molecule has 0 spiro atoms. The molecule has 13 heteroatoms. The van der Waals surface area contributed by atoms with Crippen LogP contribution >= 0.6 is 0 Å². The van der Waals surface area contributed by atoms with E-state index in [4.69, 9.17) is 28.1 Å². The van der Waals surface area contributed by atoms with Crippen molar-refractivity contribution in [3.05, 3.63) is 40.6 Å². The minimum Gasteiger partial charge on any atom is -0.507 e. The summed E-state index contributed by atoms with van der Waals surface area (Å²) in [5, 5.41) is 50.0. The largest absolute Gasteiger partial charge is 0.507 e. The predicted octanol–water partition coefficient (Wildman–Crippen LogP) is 0.462. The lowest BCUT2D eigenvalue weighted by Gasteiger charge is -2.38. The van der Waals surface area contributed by atoms with Gasteiger partial charge >= 0.3 is 5.97 Å². The highest BCUT2D eigenvalue weighted by molar-refractivity contribution is 5.92. The molecule has 13 nitrogen and oxygen atoms in total. The van der Waals surface area contributed by atoms with Gasteiger partial charge in [0.1, 0.15) is 52.3 Å². The fourth-order valence-electron chi connectivity index (χ4n) is 4.03. The summed E-state index contributed by atoms with van der Waals surface area (Å²) in [6.07, 6.45) is -9.28. The van der Waals surface area contributed by atoms with Crippen molar-refractivity contribution in [1.82, 2.24) is 0 Å². The fourth-order valence-corrected chi connectivity index (χ4v) is 4.03. The number of phenols is 1. The van der Waals surface area contributed by atoms with E-state index in [0.29, 0.717) is 0 Å². The number of benzene rings is 2. The van der Waals surface area contributed by atoms with Gasteiger partial charge in [-0.3, -0.25) is 4.79 Å². The van der Waals surface area contributed by atoms with Crippen LogP contribution in [0.3, 0.4) is 0 Å². The van der Waals surface area contributed by atoms with Crippen molar-refractivity contribution in [2.75, 3.05) is 21.3 Å². The maximum atomic E-state index is 13.0. The topological polar surface area (TPSA) is 195 Å². The molecule has 37 heavy (non-hydrogen) atoms. The molecule has 3 aromatic rings. The van der Waals surface area contributed by atoms with Gasteiger partial charge in [-0.15, -0.1) is 0 Å². The van der Waals surface area contributed by atoms with Crippen LogP contribution < -0.4 is 24.4 Å². The lowest BCUT2D eigenvalue weighted by atomic mass is 9.99.